The summed E-state index contributed by atoms with van der Waals surface area (Å²) in [6.07, 6.45) is 0. The molecule has 10 heteroatoms. The van der Waals surface area contributed by atoms with Crippen molar-refractivity contribution < 1.29 is 30.5 Å². The van der Waals surface area contributed by atoms with Crippen molar-refractivity contribution in [3.8, 4) is 0 Å². The molecule has 0 aromatic heterocycles. The summed E-state index contributed by atoms with van der Waals surface area (Å²) in [6, 6.07) is 12.5. The second-order valence-corrected chi connectivity index (χ2v) is 5.49. The van der Waals surface area contributed by atoms with Gasteiger partial charge in [-0.25, -0.2) is 10.4 Å². The molecule has 0 saturated heterocycles. The summed E-state index contributed by atoms with van der Waals surface area (Å²) in [5.74, 6) is 0. The SMILES string of the molecule is CC(=NOCON=C(C)c1ccc([NH+]([O-])O)cc1)c1ccc([NH+]([O-])O)cc1. The average Bonchev–Trinajstić information content (AvgIpc) is 2.67. The molecule has 2 unspecified atom stereocenters. The van der Waals surface area contributed by atoms with Crippen molar-refractivity contribution in [1.29, 1.82) is 0 Å². The molecule has 0 saturated carbocycles. The van der Waals surface area contributed by atoms with Crippen LogP contribution in [0.3, 0.4) is 0 Å². The molecule has 2 rings (SSSR count). The molecule has 27 heavy (non-hydrogen) atoms. The van der Waals surface area contributed by atoms with Gasteiger partial charge in [-0.15, -0.1) is 0 Å². The van der Waals surface area contributed by atoms with Crippen molar-refractivity contribution in [1.82, 2.24) is 0 Å². The number of benzene rings is 2. The van der Waals surface area contributed by atoms with E-state index in [1.165, 1.54) is 24.3 Å². The second-order valence-electron chi connectivity index (χ2n) is 5.49. The number of nitrogens with zero attached hydrogens (tertiary/aromatic N) is 2. The molecule has 0 aliphatic rings. The van der Waals surface area contributed by atoms with Gasteiger partial charge in [-0.1, -0.05) is 10.3 Å². The lowest BCUT2D eigenvalue weighted by Crippen LogP contribution is -2.99. The van der Waals surface area contributed by atoms with Crippen LogP contribution in [0.25, 0.3) is 0 Å². The topological polar surface area (TPSA) is 139 Å². The number of nitrogens with one attached hydrogen (secondary N) is 2. The first-order valence-electron chi connectivity index (χ1n) is 7.89. The molecule has 2 aromatic carbocycles. The first-order chi connectivity index (χ1) is 12.9. The fourth-order valence-corrected chi connectivity index (χ4v) is 2.08. The quantitative estimate of drug-likeness (QED) is 0.231. The van der Waals surface area contributed by atoms with Crippen molar-refractivity contribution in [2.24, 2.45) is 10.3 Å². The zero-order valence-corrected chi connectivity index (χ0v) is 14.7. The van der Waals surface area contributed by atoms with Crippen LogP contribution < -0.4 is 10.5 Å². The third-order valence-corrected chi connectivity index (χ3v) is 3.61. The highest BCUT2D eigenvalue weighted by Crippen LogP contribution is 2.08. The van der Waals surface area contributed by atoms with E-state index in [-0.39, 0.29) is 18.2 Å². The van der Waals surface area contributed by atoms with E-state index in [0.29, 0.717) is 11.4 Å². The van der Waals surface area contributed by atoms with Crippen molar-refractivity contribution in [3.05, 3.63) is 70.1 Å². The second kappa shape index (κ2) is 9.73. The van der Waals surface area contributed by atoms with E-state index in [2.05, 4.69) is 10.3 Å². The largest absolute Gasteiger partial charge is 0.595 e. The molecule has 144 valence electrons. The Morgan fingerprint density at radius 1 is 0.778 bits per heavy atom. The molecule has 0 bridgehead atoms. The molecule has 2 aromatic rings. The Kier molecular flexibility index (Phi) is 7.37. The zero-order valence-electron chi connectivity index (χ0n) is 14.7. The summed E-state index contributed by atoms with van der Waals surface area (Å²) >= 11 is 0. The van der Waals surface area contributed by atoms with Crippen molar-refractivity contribution in [3.63, 3.8) is 0 Å². The molecular weight excluding hydrogens is 356 g/mol. The Labute approximate surface area is 155 Å². The van der Waals surface area contributed by atoms with E-state index in [0.717, 1.165) is 11.1 Å². The van der Waals surface area contributed by atoms with Gasteiger partial charge in [-0.3, -0.25) is 0 Å². The van der Waals surface area contributed by atoms with Gasteiger partial charge < -0.3 is 20.1 Å². The van der Waals surface area contributed by atoms with Gasteiger partial charge in [0.05, 0.1) is 11.4 Å². The van der Waals surface area contributed by atoms with Crippen LogP contribution in [0.5, 0.6) is 0 Å². The molecule has 0 heterocycles. The highest BCUT2D eigenvalue weighted by molar-refractivity contribution is 5.98. The van der Waals surface area contributed by atoms with E-state index >= 15 is 0 Å². The average molecular weight is 376 g/mol. The van der Waals surface area contributed by atoms with Gasteiger partial charge in [0.2, 0.25) is 0 Å². The number of oxime groups is 2. The Morgan fingerprint density at radius 3 is 1.41 bits per heavy atom. The highest BCUT2D eigenvalue weighted by Gasteiger charge is 2.04. The van der Waals surface area contributed by atoms with Crippen molar-refractivity contribution >= 4 is 22.8 Å². The van der Waals surface area contributed by atoms with Crippen LogP contribution in [-0.4, -0.2) is 28.6 Å². The van der Waals surface area contributed by atoms with Crippen LogP contribution in [0.1, 0.15) is 25.0 Å². The lowest BCUT2D eigenvalue weighted by atomic mass is 10.1. The minimum Gasteiger partial charge on any atom is -0.595 e. The summed E-state index contributed by atoms with van der Waals surface area (Å²) in [7, 11) is 0. The van der Waals surface area contributed by atoms with Gasteiger partial charge in [-0.05, 0) is 49.2 Å². The standard InChI is InChI=1S/C17H20N4O6/c1-12(14-3-7-16(8-4-14)20(22)23)18-26-11-27-19-13(2)15-5-9-17(10-6-15)21(24)25/h3-10,20-22,24H,11H2,1-2H3. The van der Waals surface area contributed by atoms with E-state index in [1.807, 2.05) is 0 Å². The van der Waals surface area contributed by atoms with E-state index in [1.54, 1.807) is 38.1 Å². The number of hydrogen-bond acceptors (Lipinski definition) is 8. The third kappa shape index (κ3) is 6.11. The summed E-state index contributed by atoms with van der Waals surface area (Å²) in [5, 5.41) is 45.2. The maximum absolute atomic E-state index is 10.8. The number of rotatable bonds is 8. The Morgan fingerprint density at radius 2 is 1.11 bits per heavy atom. The summed E-state index contributed by atoms with van der Waals surface area (Å²) in [6.45, 7) is 3.22. The normalized spacial score (nSPS) is 14.6. The number of quaternary nitrogens is 2. The first kappa shape index (κ1) is 20.5. The predicted molar refractivity (Wildman–Crippen MR) is 95.9 cm³/mol. The maximum Gasteiger partial charge on any atom is 0.280 e. The van der Waals surface area contributed by atoms with Crippen molar-refractivity contribution in [2.75, 3.05) is 6.79 Å². The van der Waals surface area contributed by atoms with Gasteiger partial charge in [0.25, 0.3) is 6.79 Å². The van der Waals surface area contributed by atoms with Crippen LogP contribution in [0.15, 0.2) is 58.8 Å². The number of hydrogen-bond donors (Lipinski definition) is 4. The first-order valence-corrected chi connectivity index (χ1v) is 7.89. The van der Waals surface area contributed by atoms with E-state index in [9.17, 15) is 10.4 Å². The minimum atomic E-state index is -0.994. The van der Waals surface area contributed by atoms with Crippen LogP contribution in [0.2, 0.25) is 0 Å². The molecule has 2 atom stereocenters. The zero-order chi connectivity index (χ0) is 19.8. The summed E-state index contributed by atoms with van der Waals surface area (Å²) in [5.41, 5.74) is 2.94. The Bertz CT molecular complexity index is 721. The monoisotopic (exact) mass is 376 g/mol. The van der Waals surface area contributed by atoms with Crippen molar-refractivity contribution in [2.45, 2.75) is 13.8 Å². The summed E-state index contributed by atoms with van der Waals surface area (Å²) < 4.78 is 0. The van der Waals surface area contributed by atoms with Crippen LogP contribution in [0.4, 0.5) is 11.4 Å². The van der Waals surface area contributed by atoms with E-state index < -0.39 is 10.5 Å². The maximum atomic E-state index is 10.8. The molecule has 0 aliphatic carbocycles. The lowest BCUT2D eigenvalue weighted by Gasteiger charge is -2.11. The predicted octanol–water partition coefficient (Wildman–Crippen LogP) is 0.632. The van der Waals surface area contributed by atoms with E-state index in [4.69, 9.17) is 20.1 Å². The van der Waals surface area contributed by atoms with Crippen LogP contribution in [0, 0.1) is 10.4 Å². The molecule has 0 fully saturated rings. The third-order valence-electron chi connectivity index (χ3n) is 3.61. The summed E-state index contributed by atoms with van der Waals surface area (Å²) in [4.78, 5) is 10.1. The lowest BCUT2D eigenvalue weighted by molar-refractivity contribution is -0.991. The molecule has 4 N–H and O–H groups in total. The van der Waals surface area contributed by atoms with Crippen LogP contribution >= 0.6 is 0 Å². The smallest absolute Gasteiger partial charge is 0.280 e. The molecule has 0 aliphatic heterocycles. The molecule has 0 radical (unpaired) electrons. The molecule has 0 spiro atoms. The fraction of sp³-hybridized carbons (Fsp3) is 0.176. The molecule has 0 amide bonds. The van der Waals surface area contributed by atoms with Gasteiger partial charge in [-0.2, -0.15) is 10.5 Å². The van der Waals surface area contributed by atoms with Gasteiger partial charge in [0, 0.05) is 24.3 Å². The molecular formula is C17H20N4O6. The Hall–Kier alpha value is -2.86. The van der Waals surface area contributed by atoms with Crippen LogP contribution in [-0.2, 0) is 9.68 Å². The molecule has 10 nitrogen and oxygen atoms in total. The van der Waals surface area contributed by atoms with Gasteiger partial charge in [0.15, 0.2) is 11.4 Å². The van der Waals surface area contributed by atoms with Gasteiger partial charge >= 0.3 is 0 Å². The Balaban J connectivity index is 1.84. The highest BCUT2D eigenvalue weighted by atomic mass is 16.8. The minimum absolute atomic E-state index is 0.192. The fourth-order valence-electron chi connectivity index (χ4n) is 2.08. The van der Waals surface area contributed by atoms with Gasteiger partial charge in [0.1, 0.15) is 0 Å².